The summed E-state index contributed by atoms with van der Waals surface area (Å²) in [7, 11) is 0. The van der Waals surface area contributed by atoms with Gasteiger partial charge in [-0.15, -0.1) is 0 Å². The van der Waals surface area contributed by atoms with Gasteiger partial charge >= 0.3 is 0 Å². The second-order valence-corrected chi connectivity index (χ2v) is 3.02. The Hall–Kier alpha value is -0.710. The highest BCUT2D eigenvalue weighted by Crippen LogP contribution is 2.32. The summed E-state index contributed by atoms with van der Waals surface area (Å²) in [4.78, 5) is 0. The highest BCUT2D eigenvalue weighted by Gasteiger charge is 2.20. The topological polar surface area (TPSA) is 20.2 Å². The zero-order valence-electron chi connectivity index (χ0n) is 5.96. The van der Waals surface area contributed by atoms with E-state index >= 15 is 0 Å². The first-order valence-corrected chi connectivity index (χ1v) is 3.77. The molecule has 1 rings (SSSR count). The van der Waals surface area contributed by atoms with Crippen LogP contribution in [0.25, 0.3) is 0 Å². The molecule has 0 aromatic heterocycles. The van der Waals surface area contributed by atoms with Crippen LogP contribution in [0.1, 0.15) is 5.56 Å². The molecule has 1 aromatic carbocycles. The van der Waals surface area contributed by atoms with Crippen molar-refractivity contribution >= 4 is 15.9 Å². The van der Waals surface area contributed by atoms with Gasteiger partial charge in [0.1, 0.15) is 5.82 Å². The van der Waals surface area contributed by atoms with Crippen molar-refractivity contribution in [1.82, 2.24) is 0 Å². The van der Waals surface area contributed by atoms with Crippen LogP contribution in [0, 0.1) is 24.4 Å². The Morgan fingerprint density at radius 1 is 1.08 bits per heavy atom. The van der Waals surface area contributed by atoms with E-state index in [0.29, 0.717) is 0 Å². The molecule has 0 bridgehead atoms. The van der Waals surface area contributed by atoms with Crippen molar-refractivity contribution in [3.8, 4) is 5.75 Å². The van der Waals surface area contributed by atoms with E-state index in [2.05, 4.69) is 15.9 Å². The lowest BCUT2D eigenvalue weighted by molar-refractivity contribution is 0.391. The Labute approximate surface area is 75.0 Å². The summed E-state index contributed by atoms with van der Waals surface area (Å²) in [6.45, 7) is 1.15. The Morgan fingerprint density at radius 3 is 2.08 bits per heavy atom. The summed E-state index contributed by atoms with van der Waals surface area (Å²) in [5.41, 5.74) is -0.319. The average Bonchev–Trinajstić information content (AvgIpc) is 2.08. The van der Waals surface area contributed by atoms with E-state index in [9.17, 15) is 13.2 Å². The SMILES string of the molecule is Cc1c(O)c(F)c(F)c(Br)c1F. The molecule has 0 heterocycles. The maximum Gasteiger partial charge on any atom is 0.202 e. The predicted molar refractivity (Wildman–Crippen MR) is 40.4 cm³/mol. The van der Waals surface area contributed by atoms with Gasteiger partial charge in [0.2, 0.25) is 5.82 Å². The molecule has 0 aliphatic carbocycles. The fourth-order valence-electron chi connectivity index (χ4n) is 0.730. The Balaban J connectivity index is 3.60. The van der Waals surface area contributed by atoms with Crippen LogP contribution in [0.15, 0.2) is 4.47 Å². The predicted octanol–water partition coefficient (Wildman–Crippen LogP) is 2.88. The molecular weight excluding hydrogens is 237 g/mol. The summed E-state index contributed by atoms with van der Waals surface area (Å²) in [6, 6.07) is 0. The van der Waals surface area contributed by atoms with E-state index in [4.69, 9.17) is 5.11 Å². The van der Waals surface area contributed by atoms with E-state index in [1.807, 2.05) is 0 Å². The molecule has 0 atom stereocenters. The van der Waals surface area contributed by atoms with Crippen molar-refractivity contribution in [3.63, 3.8) is 0 Å². The van der Waals surface area contributed by atoms with Gasteiger partial charge in [-0.2, -0.15) is 4.39 Å². The number of halogens is 4. The minimum Gasteiger partial charge on any atom is -0.504 e. The van der Waals surface area contributed by atoms with Crippen molar-refractivity contribution in [3.05, 3.63) is 27.5 Å². The molecule has 0 saturated carbocycles. The molecule has 0 fully saturated rings. The van der Waals surface area contributed by atoms with Crippen LogP contribution >= 0.6 is 15.9 Å². The summed E-state index contributed by atoms with van der Waals surface area (Å²) in [5, 5.41) is 8.82. The van der Waals surface area contributed by atoms with Gasteiger partial charge in [0.25, 0.3) is 0 Å². The van der Waals surface area contributed by atoms with E-state index in [-0.39, 0.29) is 5.56 Å². The highest BCUT2D eigenvalue weighted by atomic mass is 79.9. The van der Waals surface area contributed by atoms with Crippen LogP contribution in [0.5, 0.6) is 5.75 Å². The van der Waals surface area contributed by atoms with Crippen molar-refractivity contribution in [2.45, 2.75) is 6.92 Å². The standard InChI is InChI=1S/C7H4BrF3O/c1-2-4(9)3(8)5(10)6(11)7(2)12/h12H,1H3. The lowest BCUT2D eigenvalue weighted by Crippen LogP contribution is -1.95. The Bertz CT molecular complexity index is 233. The average molecular weight is 241 g/mol. The molecule has 12 heavy (non-hydrogen) atoms. The minimum atomic E-state index is -1.44. The summed E-state index contributed by atoms with van der Waals surface area (Å²) >= 11 is 2.51. The van der Waals surface area contributed by atoms with E-state index in [1.165, 1.54) is 0 Å². The third-order valence-corrected chi connectivity index (χ3v) is 2.17. The minimum absolute atomic E-state index is 0.319. The smallest absolute Gasteiger partial charge is 0.202 e. The molecule has 0 spiro atoms. The number of hydrogen-bond donors (Lipinski definition) is 1. The molecule has 1 nitrogen and oxygen atoms in total. The molecule has 0 unspecified atom stereocenters. The van der Waals surface area contributed by atoms with Crippen molar-refractivity contribution in [2.75, 3.05) is 0 Å². The molecule has 0 amide bonds. The molecule has 1 N–H and O–H groups in total. The first-order chi connectivity index (χ1) is 5.46. The Morgan fingerprint density at radius 2 is 1.58 bits per heavy atom. The number of phenols is 1. The van der Waals surface area contributed by atoms with Gasteiger partial charge in [0.05, 0.1) is 4.47 Å². The van der Waals surface area contributed by atoms with Crippen LogP contribution in [0.2, 0.25) is 0 Å². The van der Waals surface area contributed by atoms with Crippen molar-refractivity contribution in [1.29, 1.82) is 0 Å². The fourth-order valence-corrected chi connectivity index (χ4v) is 1.20. The lowest BCUT2D eigenvalue weighted by Gasteiger charge is -2.04. The van der Waals surface area contributed by atoms with Crippen LogP contribution in [-0.2, 0) is 0 Å². The highest BCUT2D eigenvalue weighted by molar-refractivity contribution is 9.10. The number of rotatable bonds is 0. The molecule has 66 valence electrons. The van der Waals surface area contributed by atoms with Crippen LogP contribution in [0.3, 0.4) is 0 Å². The first kappa shape index (κ1) is 9.38. The second-order valence-electron chi connectivity index (χ2n) is 2.23. The van der Waals surface area contributed by atoms with Gasteiger partial charge in [-0.05, 0) is 22.9 Å². The zero-order chi connectivity index (χ0) is 9.46. The number of hydrogen-bond acceptors (Lipinski definition) is 1. The third-order valence-electron chi connectivity index (χ3n) is 1.47. The molecular formula is C7H4BrF3O. The first-order valence-electron chi connectivity index (χ1n) is 2.98. The number of benzene rings is 1. The quantitative estimate of drug-likeness (QED) is 0.546. The van der Waals surface area contributed by atoms with E-state index < -0.39 is 27.7 Å². The molecule has 0 radical (unpaired) electrons. The summed E-state index contributed by atoms with van der Waals surface area (Å²) in [6.07, 6.45) is 0. The maximum absolute atomic E-state index is 12.8. The van der Waals surface area contributed by atoms with Crippen molar-refractivity contribution < 1.29 is 18.3 Å². The molecule has 5 heteroatoms. The van der Waals surface area contributed by atoms with E-state index in [0.717, 1.165) is 6.92 Å². The molecule has 1 aromatic rings. The van der Waals surface area contributed by atoms with Crippen LogP contribution < -0.4 is 0 Å². The van der Waals surface area contributed by atoms with E-state index in [1.54, 1.807) is 0 Å². The summed E-state index contributed by atoms with van der Waals surface area (Å²) in [5.74, 6) is -4.85. The van der Waals surface area contributed by atoms with Crippen LogP contribution in [-0.4, -0.2) is 5.11 Å². The molecule has 0 aliphatic heterocycles. The normalized spacial score (nSPS) is 10.4. The second kappa shape index (κ2) is 2.97. The van der Waals surface area contributed by atoms with Gasteiger partial charge < -0.3 is 5.11 Å². The number of phenolic OH excluding ortho intramolecular Hbond substituents is 1. The molecule has 0 saturated heterocycles. The maximum atomic E-state index is 12.8. The van der Waals surface area contributed by atoms with Gasteiger partial charge in [-0.1, -0.05) is 0 Å². The van der Waals surface area contributed by atoms with Gasteiger partial charge in [0, 0.05) is 5.56 Å². The van der Waals surface area contributed by atoms with Crippen molar-refractivity contribution in [2.24, 2.45) is 0 Å². The third kappa shape index (κ3) is 1.18. The van der Waals surface area contributed by atoms with Gasteiger partial charge in [-0.3, -0.25) is 0 Å². The number of aromatic hydroxyl groups is 1. The lowest BCUT2D eigenvalue weighted by atomic mass is 10.2. The molecule has 0 aliphatic rings. The van der Waals surface area contributed by atoms with Gasteiger partial charge in [-0.25, -0.2) is 8.78 Å². The zero-order valence-corrected chi connectivity index (χ0v) is 7.55. The fraction of sp³-hybridized carbons (Fsp3) is 0.143. The monoisotopic (exact) mass is 240 g/mol. The van der Waals surface area contributed by atoms with Gasteiger partial charge in [0.15, 0.2) is 11.6 Å². The van der Waals surface area contributed by atoms with Crippen LogP contribution in [0.4, 0.5) is 13.2 Å². The Kier molecular flexibility index (Phi) is 2.32. The largest absolute Gasteiger partial charge is 0.504 e. The summed E-state index contributed by atoms with van der Waals surface area (Å²) < 4.78 is 37.4.